The van der Waals surface area contributed by atoms with E-state index in [9.17, 15) is 5.11 Å². The van der Waals surface area contributed by atoms with Crippen molar-refractivity contribution >= 4 is 8.80 Å². The van der Waals surface area contributed by atoms with Crippen LogP contribution in [0.1, 0.15) is 32.1 Å². The average molecular weight is 270 g/mol. The highest BCUT2D eigenvalue weighted by atomic mass is 28.4. The van der Waals surface area contributed by atoms with Crippen LogP contribution in [-0.4, -0.2) is 33.7 Å². The monoisotopic (exact) mass is 270 g/mol. The summed E-state index contributed by atoms with van der Waals surface area (Å²) >= 11 is 0. The maximum absolute atomic E-state index is 10.5. The van der Waals surface area contributed by atoms with Crippen LogP contribution in [-0.2, 0) is 13.3 Å². The Labute approximate surface area is 110 Å². The average Bonchev–Trinajstić information content (AvgIpc) is 2.39. The lowest BCUT2D eigenvalue weighted by atomic mass is 10.2. The topological polar surface area (TPSA) is 47.9 Å². The normalized spacial score (nSPS) is 13.6. The van der Waals surface area contributed by atoms with E-state index in [4.69, 9.17) is 13.3 Å². The lowest BCUT2D eigenvalue weighted by molar-refractivity contribution is 0.0216. The SMILES string of the molecule is CCO[Si](OCC)(OCC)C(O)c1ccccc1. The Morgan fingerprint density at radius 3 is 1.78 bits per heavy atom. The van der Waals surface area contributed by atoms with Crippen molar-refractivity contribution in [1.82, 2.24) is 0 Å². The van der Waals surface area contributed by atoms with Crippen LogP contribution < -0.4 is 0 Å². The maximum Gasteiger partial charge on any atom is 0.535 e. The number of aliphatic hydroxyl groups excluding tert-OH is 1. The van der Waals surface area contributed by atoms with Crippen LogP contribution in [0.15, 0.2) is 30.3 Å². The molecule has 0 heterocycles. The summed E-state index contributed by atoms with van der Waals surface area (Å²) in [5.74, 6) is 0. The molecule has 0 aliphatic rings. The molecule has 1 atom stereocenters. The highest BCUT2D eigenvalue weighted by molar-refractivity contribution is 6.61. The Hall–Kier alpha value is -0.723. The van der Waals surface area contributed by atoms with Gasteiger partial charge in [-0.05, 0) is 26.3 Å². The molecular formula is C13H22O4Si. The second-order valence-corrected chi connectivity index (χ2v) is 6.34. The van der Waals surface area contributed by atoms with E-state index in [0.717, 1.165) is 5.56 Å². The van der Waals surface area contributed by atoms with E-state index >= 15 is 0 Å². The summed E-state index contributed by atoms with van der Waals surface area (Å²) in [4.78, 5) is 0. The Morgan fingerprint density at radius 2 is 1.39 bits per heavy atom. The fourth-order valence-corrected chi connectivity index (χ4v) is 4.34. The van der Waals surface area contributed by atoms with E-state index in [-0.39, 0.29) is 0 Å². The van der Waals surface area contributed by atoms with Gasteiger partial charge in [-0.1, -0.05) is 30.3 Å². The first-order chi connectivity index (χ1) is 8.70. The van der Waals surface area contributed by atoms with E-state index < -0.39 is 14.5 Å². The van der Waals surface area contributed by atoms with Gasteiger partial charge >= 0.3 is 8.80 Å². The van der Waals surface area contributed by atoms with Crippen molar-refractivity contribution in [2.45, 2.75) is 26.5 Å². The summed E-state index contributed by atoms with van der Waals surface area (Å²) in [5, 5.41) is 10.5. The van der Waals surface area contributed by atoms with Crippen molar-refractivity contribution in [3.05, 3.63) is 35.9 Å². The zero-order chi connectivity index (χ0) is 13.4. The molecule has 1 unspecified atom stereocenters. The zero-order valence-electron chi connectivity index (χ0n) is 11.3. The van der Waals surface area contributed by atoms with Crippen LogP contribution in [0.5, 0.6) is 0 Å². The quantitative estimate of drug-likeness (QED) is 0.736. The molecule has 0 amide bonds. The van der Waals surface area contributed by atoms with Crippen molar-refractivity contribution in [2.75, 3.05) is 19.8 Å². The third-order valence-corrected chi connectivity index (χ3v) is 5.56. The Balaban J connectivity index is 2.99. The summed E-state index contributed by atoms with van der Waals surface area (Å²) in [7, 11) is -3.08. The predicted molar refractivity (Wildman–Crippen MR) is 72.0 cm³/mol. The minimum Gasteiger partial charge on any atom is -0.384 e. The molecule has 102 valence electrons. The minimum atomic E-state index is -3.08. The van der Waals surface area contributed by atoms with Gasteiger partial charge in [0.25, 0.3) is 0 Å². The van der Waals surface area contributed by atoms with Crippen LogP contribution in [0.3, 0.4) is 0 Å². The molecule has 5 heteroatoms. The Bertz CT molecular complexity index is 314. The molecule has 0 saturated carbocycles. The summed E-state index contributed by atoms with van der Waals surface area (Å²) in [6.07, 6.45) is 0. The van der Waals surface area contributed by atoms with E-state index in [2.05, 4.69) is 0 Å². The number of hydrogen-bond donors (Lipinski definition) is 1. The molecule has 0 bridgehead atoms. The first-order valence-electron chi connectivity index (χ1n) is 6.35. The van der Waals surface area contributed by atoms with Crippen LogP contribution in [0.2, 0.25) is 0 Å². The van der Waals surface area contributed by atoms with Gasteiger partial charge in [0.1, 0.15) is 5.73 Å². The third-order valence-electron chi connectivity index (χ3n) is 2.49. The van der Waals surface area contributed by atoms with Gasteiger partial charge in [0, 0.05) is 19.8 Å². The van der Waals surface area contributed by atoms with Crippen LogP contribution in [0.4, 0.5) is 0 Å². The van der Waals surface area contributed by atoms with Crippen molar-refractivity contribution in [3.63, 3.8) is 0 Å². The zero-order valence-corrected chi connectivity index (χ0v) is 12.3. The number of benzene rings is 1. The smallest absolute Gasteiger partial charge is 0.384 e. The highest BCUT2D eigenvalue weighted by Gasteiger charge is 2.49. The molecule has 1 N–H and O–H groups in total. The predicted octanol–water partition coefficient (Wildman–Crippen LogP) is 2.31. The molecule has 0 radical (unpaired) electrons. The first kappa shape index (κ1) is 15.3. The molecule has 0 aliphatic heterocycles. The van der Waals surface area contributed by atoms with Gasteiger partial charge < -0.3 is 18.4 Å². The summed E-state index contributed by atoms with van der Waals surface area (Å²) in [6, 6.07) is 9.36. The van der Waals surface area contributed by atoms with Gasteiger partial charge in [-0.3, -0.25) is 0 Å². The number of rotatable bonds is 8. The van der Waals surface area contributed by atoms with Gasteiger partial charge in [-0.15, -0.1) is 0 Å². The fourth-order valence-electron chi connectivity index (χ4n) is 1.80. The molecule has 0 aliphatic carbocycles. The van der Waals surface area contributed by atoms with Gasteiger partial charge in [0.2, 0.25) is 0 Å². The fraction of sp³-hybridized carbons (Fsp3) is 0.538. The lowest BCUT2D eigenvalue weighted by Gasteiger charge is -2.32. The standard InChI is InChI=1S/C13H22O4Si/c1-4-15-18(16-5-2,17-6-3)13(14)12-10-8-7-9-11-12/h7-11,13-14H,4-6H2,1-3H3. The van der Waals surface area contributed by atoms with E-state index in [1.54, 1.807) is 0 Å². The molecule has 0 saturated heterocycles. The van der Waals surface area contributed by atoms with Gasteiger partial charge in [0.15, 0.2) is 0 Å². The van der Waals surface area contributed by atoms with Crippen LogP contribution in [0, 0.1) is 0 Å². The lowest BCUT2D eigenvalue weighted by Crippen LogP contribution is -2.52. The minimum absolute atomic E-state index is 0.454. The van der Waals surface area contributed by atoms with Crippen molar-refractivity contribution in [2.24, 2.45) is 0 Å². The maximum atomic E-state index is 10.5. The van der Waals surface area contributed by atoms with E-state index in [0.29, 0.717) is 19.8 Å². The highest BCUT2D eigenvalue weighted by Crippen LogP contribution is 2.27. The van der Waals surface area contributed by atoms with Crippen LogP contribution in [0.25, 0.3) is 0 Å². The first-order valence-corrected chi connectivity index (χ1v) is 8.15. The number of aliphatic hydroxyl groups is 1. The largest absolute Gasteiger partial charge is 0.535 e. The Morgan fingerprint density at radius 1 is 0.944 bits per heavy atom. The molecule has 1 rings (SSSR count). The molecule has 4 nitrogen and oxygen atoms in total. The van der Waals surface area contributed by atoms with Crippen molar-refractivity contribution in [1.29, 1.82) is 0 Å². The summed E-state index contributed by atoms with van der Waals surface area (Å²) in [6.45, 7) is 6.98. The Kier molecular flexibility index (Phi) is 6.52. The second-order valence-electron chi connectivity index (χ2n) is 3.72. The molecule has 1 aromatic carbocycles. The second kappa shape index (κ2) is 7.65. The van der Waals surface area contributed by atoms with Gasteiger partial charge in [0.05, 0.1) is 0 Å². The van der Waals surface area contributed by atoms with E-state index in [1.165, 1.54) is 0 Å². The molecule has 0 spiro atoms. The molecule has 18 heavy (non-hydrogen) atoms. The van der Waals surface area contributed by atoms with Gasteiger partial charge in [-0.25, -0.2) is 0 Å². The molecule has 0 fully saturated rings. The summed E-state index contributed by atoms with van der Waals surface area (Å²) in [5.41, 5.74) is -0.0851. The van der Waals surface area contributed by atoms with E-state index in [1.807, 2.05) is 51.1 Å². The molecule has 0 aromatic heterocycles. The van der Waals surface area contributed by atoms with Crippen molar-refractivity contribution in [3.8, 4) is 0 Å². The van der Waals surface area contributed by atoms with Gasteiger partial charge in [-0.2, -0.15) is 0 Å². The number of hydrogen-bond acceptors (Lipinski definition) is 4. The van der Waals surface area contributed by atoms with Crippen molar-refractivity contribution < 1.29 is 18.4 Å². The van der Waals surface area contributed by atoms with Crippen LogP contribution >= 0.6 is 0 Å². The third kappa shape index (κ3) is 3.63. The molecular weight excluding hydrogens is 248 g/mol. The summed E-state index contributed by atoms with van der Waals surface area (Å²) < 4.78 is 17.0. The molecule has 1 aromatic rings.